The smallest absolute Gasteiger partial charge is 0.341 e. The van der Waals surface area contributed by atoms with Gasteiger partial charge in [-0.25, -0.2) is 4.79 Å². The largest absolute Gasteiger partial charge is 0.465 e. The fourth-order valence-corrected chi connectivity index (χ4v) is 3.39. The van der Waals surface area contributed by atoms with Crippen LogP contribution in [0.15, 0.2) is 0 Å². The first-order valence-electron chi connectivity index (χ1n) is 7.32. The molecule has 1 aromatic rings. The Balaban J connectivity index is 3.04. The zero-order chi connectivity index (χ0) is 18.4. The van der Waals surface area contributed by atoms with E-state index in [0.29, 0.717) is 32.7 Å². The van der Waals surface area contributed by atoms with Gasteiger partial charge in [0.15, 0.2) is 5.11 Å². The van der Waals surface area contributed by atoms with Gasteiger partial charge in [-0.2, -0.15) is 0 Å². The molecule has 24 heavy (non-hydrogen) atoms. The number of nitrogens with one attached hydrogen (secondary N) is 2. The van der Waals surface area contributed by atoms with E-state index in [9.17, 15) is 9.59 Å². The van der Waals surface area contributed by atoms with Crippen LogP contribution in [0.5, 0.6) is 0 Å². The maximum atomic E-state index is 12.3. The quantitative estimate of drug-likeness (QED) is 0.577. The van der Waals surface area contributed by atoms with Crippen molar-refractivity contribution < 1.29 is 14.3 Å². The van der Waals surface area contributed by atoms with E-state index in [4.69, 9.17) is 17.0 Å². The monoisotopic (exact) mass is 372 g/mol. The molecule has 134 valence electrons. The maximum Gasteiger partial charge on any atom is 0.341 e. The lowest BCUT2D eigenvalue weighted by molar-refractivity contribution is 0.0601. The topological polar surface area (TPSA) is 73.9 Å². The van der Waals surface area contributed by atoms with Crippen molar-refractivity contribution in [2.45, 2.75) is 6.92 Å². The predicted molar refractivity (Wildman–Crippen MR) is 101 cm³/mol. The standard InChI is InChI=1S/C15H24N4O3S2/c1-9-10(14(21)22-6)12(24-11(9)13(20)19(4)5)17-15(23)16-7-8-18(2)3/h7-8H2,1-6H3,(H2,16,17,23). The summed E-state index contributed by atoms with van der Waals surface area (Å²) in [5.41, 5.74) is 0.925. The van der Waals surface area contributed by atoms with Crippen LogP contribution in [0.2, 0.25) is 0 Å². The van der Waals surface area contributed by atoms with Crippen molar-refractivity contribution in [3.05, 3.63) is 16.0 Å². The van der Waals surface area contributed by atoms with Crippen LogP contribution in [-0.2, 0) is 4.74 Å². The van der Waals surface area contributed by atoms with E-state index in [1.165, 1.54) is 23.3 Å². The first kappa shape index (κ1) is 20.3. The molecule has 1 rings (SSSR count). The lowest BCUT2D eigenvalue weighted by Crippen LogP contribution is -2.34. The van der Waals surface area contributed by atoms with E-state index in [0.717, 1.165) is 6.54 Å². The van der Waals surface area contributed by atoms with Crippen LogP contribution in [0.3, 0.4) is 0 Å². The predicted octanol–water partition coefficient (Wildman–Crippen LogP) is 1.39. The van der Waals surface area contributed by atoms with Gasteiger partial charge < -0.3 is 25.2 Å². The Morgan fingerprint density at radius 2 is 1.88 bits per heavy atom. The normalized spacial score (nSPS) is 10.5. The number of amides is 1. The Morgan fingerprint density at radius 1 is 1.25 bits per heavy atom. The third kappa shape index (κ3) is 5.15. The first-order valence-corrected chi connectivity index (χ1v) is 8.54. The average molecular weight is 373 g/mol. The van der Waals surface area contributed by atoms with E-state index in [1.54, 1.807) is 21.0 Å². The van der Waals surface area contributed by atoms with Gasteiger partial charge in [0, 0.05) is 27.2 Å². The van der Waals surface area contributed by atoms with Gasteiger partial charge in [-0.05, 0) is 38.8 Å². The number of nitrogens with zero attached hydrogens (tertiary/aromatic N) is 2. The number of methoxy groups -OCH3 is 1. The molecule has 0 saturated carbocycles. The highest BCUT2D eigenvalue weighted by molar-refractivity contribution is 7.80. The number of hydrogen-bond donors (Lipinski definition) is 2. The summed E-state index contributed by atoms with van der Waals surface area (Å²) in [6, 6.07) is 0. The molecule has 1 heterocycles. The van der Waals surface area contributed by atoms with Gasteiger partial charge in [0.1, 0.15) is 5.00 Å². The molecule has 0 aromatic carbocycles. The van der Waals surface area contributed by atoms with Crippen molar-refractivity contribution in [2.24, 2.45) is 0 Å². The second-order valence-corrected chi connectivity index (χ2v) is 7.06. The van der Waals surface area contributed by atoms with E-state index in [-0.39, 0.29) is 5.91 Å². The van der Waals surface area contributed by atoms with Gasteiger partial charge >= 0.3 is 5.97 Å². The molecular formula is C15H24N4O3S2. The Labute approximate surface area is 152 Å². The van der Waals surface area contributed by atoms with Crippen LogP contribution in [0.4, 0.5) is 5.00 Å². The molecule has 0 fully saturated rings. The minimum Gasteiger partial charge on any atom is -0.465 e. The number of carbonyl (C=O) groups is 2. The minimum absolute atomic E-state index is 0.165. The summed E-state index contributed by atoms with van der Waals surface area (Å²) in [5, 5.41) is 6.97. The Bertz CT molecular complexity index is 626. The molecule has 0 aliphatic heterocycles. The summed E-state index contributed by atoms with van der Waals surface area (Å²) >= 11 is 6.45. The van der Waals surface area contributed by atoms with Crippen molar-refractivity contribution in [3.8, 4) is 0 Å². The van der Waals surface area contributed by atoms with Gasteiger partial charge in [0.05, 0.1) is 17.6 Å². The van der Waals surface area contributed by atoms with Crippen molar-refractivity contribution in [3.63, 3.8) is 0 Å². The number of hydrogen-bond acceptors (Lipinski definition) is 6. The molecule has 0 atom stereocenters. The van der Waals surface area contributed by atoms with Crippen molar-refractivity contribution >= 4 is 45.5 Å². The van der Waals surface area contributed by atoms with Crippen LogP contribution in [0.1, 0.15) is 25.6 Å². The van der Waals surface area contributed by atoms with Gasteiger partial charge in [0.25, 0.3) is 5.91 Å². The van der Waals surface area contributed by atoms with E-state index >= 15 is 0 Å². The highest BCUT2D eigenvalue weighted by Gasteiger charge is 2.26. The summed E-state index contributed by atoms with van der Waals surface area (Å²) in [4.78, 5) is 28.4. The first-order chi connectivity index (χ1) is 11.2. The maximum absolute atomic E-state index is 12.3. The highest BCUT2D eigenvalue weighted by atomic mass is 32.1. The lowest BCUT2D eigenvalue weighted by Gasteiger charge is -2.13. The van der Waals surface area contributed by atoms with Crippen LogP contribution in [0.25, 0.3) is 0 Å². The van der Waals surface area contributed by atoms with E-state index < -0.39 is 5.97 Å². The number of likely N-dealkylation sites (N-methyl/N-ethyl adjacent to an activating group) is 1. The molecule has 7 nitrogen and oxygen atoms in total. The number of rotatable bonds is 6. The zero-order valence-electron chi connectivity index (χ0n) is 14.8. The molecule has 2 N–H and O–H groups in total. The fraction of sp³-hybridized carbons (Fsp3) is 0.533. The second kappa shape index (κ2) is 8.95. The van der Waals surface area contributed by atoms with Crippen LogP contribution < -0.4 is 10.6 Å². The second-order valence-electron chi connectivity index (χ2n) is 5.64. The van der Waals surface area contributed by atoms with Crippen LogP contribution in [-0.4, -0.2) is 75.2 Å². The Hall–Kier alpha value is -1.71. The van der Waals surface area contributed by atoms with Crippen LogP contribution >= 0.6 is 23.6 Å². The molecule has 0 aliphatic carbocycles. The lowest BCUT2D eigenvalue weighted by atomic mass is 10.1. The van der Waals surface area contributed by atoms with Gasteiger partial charge in [0.2, 0.25) is 0 Å². The van der Waals surface area contributed by atoms with Crippen LogP contribution in [0, 0.1) is 6.92 Å². The van der Waals surface area contributed by atoms with E-state index in [2.05, 4.69) is 10.6 Å². The van der Waals surface area contributed by atoms with Crippen molar-refractivity contribution in [1.82, 2.24) is 15.1 Å². The van der Waals surface area contributed by atoms with Gasteiger partial charge in [-0.1, -0.05) is 0 Å². The molecule has 0 spiro atoms. The molecule has 0 aliphatic rings. The number of thiocarbonyl (C=S) groups is 1. The molecule has 9 heteroatoms. The minimum atomic E-state index is -0.500. The third-order valence-electron chi connectivity index (χ3n) is 3.21. The zero-order valence-corrected chi connectivity index (χ0v) is 16.5. The summed E-state index contributed by atoms with van der Waals surface area (Å²) < 4.78 is 4.84. The summed E-state index contributed by atoms with van der Waals surface area (Å²) in [6.45, 7) is 3.22. The van der Waals surface area contributed by atoms with Crippen molar-refractivity contribution in [2.75, 3.05) is 53.7 Å². The molecule has 0 radical (unpaired) electrons. The summed E-state index contributed by atoms with van der Waals surface area (Å²) in [6.07, 6.45) is 0. The SMILES string of the molecule is COC(=O)c1c(NC(=S)NCCN(C)C)sc(C(=O)N(C)C)c1C. The molecule has 0 bridgehead atoms. The number of thiophene rings is 1. The summed E-state index contributed by atoms with van der Waals surface area (Å²) in [5.74, 6) is -0.665. The molecule has 0 saturated heterocycles. The molecule has 1 amide bonds. The van der Waals surface area contributed by atoms with E-state index in [1.807, 2.05) is 19.0 Å². The fourth-order valence-electron chi connectivity index (χ4n) is 1.90. The Morgan fingerprint density at radius 3 is 2.38 bits per heavy atom. The average Bonchev–Trinajstić information content (AvgIpc) is 2.81. The number of ether oxygens (including phenoxy) is 1. The number of esters is 1. The number of anilines is 1. The van der Waals surface area contributed by atoms with Gasteiger partial charge in [-0.3, -0.25) is 4.79 Å². The highest BCUT2D eigenvalue weighted by Crippen LogP contribution is 2.34. The molecule has 0 unspecified atom stereocenters. The Kier molecular flexibility index (Phi) is 7.59. The molecular weight excluding hydrogens is 348 g/mol. The third-order valence-corrected chi connectivity index (χ3v) is 4.65. The number of carbonyl (C=O) groups excluding carboxylic acids is 2. The summed E-state index contributed by atoms with van der Waals surface area (Å²) in [7, 11) is 8.58. The van der Waals surface area contributed by atoms with Gasteiger partial charge in [-0.15, -0.1) is 11.3 Å². The van der Waals surface area contributed by atoms with Crippen molar-refractivity contribution in [1.29, 1.82) is 0 Å². The molecule has 1 aromatic heterocycles.